The third-order valence-electron chi connectivity index (χ3n) is 30.8. The predicted octanol–water partition coefficient (Wildman–Crippen LogP) is 38.5. The molecule has 0 aliphatic heterocycles. The number of anilines is 3. The van der Waals surface area contributed by atoms with E-state index in [2.05, 4.69) is 224 Å². The molecule has 9 aromatic carbocycles. The molecule has 2 heterocycles. The van der Waals surface area contributed by atoms with E-state index in [-0.39, 0.29) is 21.7 Å². The van der Waals surface area contributed by atoms with Gasteiger partial charge >= 0.3 is 0 Å². The topological polar surface area (TPSA) is 29.5 Å². The van der Waals surface area contributed by atoms with Crippen LogP contribution in [0.4, 0.5) is 17.1 Å². The summed E-state index contributed by atoms with van der Waals surface area (Å²) in [7, 11) is 0. The molecule has 4 aliphatic carbocycles. The third kappa shape index (κ3) is 17.9. The van der Waals surface area contributed by atoms with Gasteiger partial charge in [0, 0.05) is 65.8 Å². The molecule has 0 N–H and O–H groups in total. The van der Waals surface area contributed by atoms with Crippen molar-refractivity contribution in [1.82, 2.24) is 0 Å². The Morgan fingerprint density at radius 3 is 1.05 bits per heavy atom. The lowest BCUT2D eigenvalue weighted by Gasteiger charge is -2.40. The third-order valence-corrected chi connectivity index (χ3v) is 30.8. The van der Waals surface area contributed by atoms with Gasteiger partial charge in [-0.3, -0.25) is 0 Å². The van der Waals surface area contributed by atoms with Gasteiger partial charge in [-0.25, -0.2) is 0 Å². The first-order valence-corrected chi connectivity index (χ1v) is 51.2. The Kier molecular flexibility index (Phi) is 30.9. The highest BCUT2D eigenvalue weighted by atomic mass is 16.3. The maximum atomic E-state index is 7.77. The highest BCUT2D eigenvalue weighted by Crippen LogP contribution is 2.69. The van der Waals surface area contributed by atoms with Crippen molar-refractivity contribution >= 4 is 60.9 Å². The van der Waals surface area contributed by atoms with E-state index in [1.54, 1.807) is 44.5 Å². The number of rotatable bonds is 55. The molecule has 0 bridgehead atoms. The summed E-state index contributed by atoms with van der Waals surface area (Å²) in [4.78, 5) is 2.76. The van der Waals surface area contributed by atoms with Gasteiger partial charge in [0.25, 0.3) is 0 Å². The molecule has 0 amide bonds. The van der Waals surface area contributed by atoms with Crippen molar-refractivity contribution in [3.8, 4) is 44.5 Å². The van der Waals surface area contributed by atoms with Crippen LogP contribution in [-0.4, -0.2) is 0 Å². The fourth-order valence-electron chi connectivity index (χ4n) is 24.6. The summed E-state index contributed by atoms with van der Waals surface area (Å²) in [6, 6.07) is 67.0. The molecule has 15 rings (SSSR count). The maximum Gasteiger partial charge on any atom is 0.144 e. The molecule has 11 aromatic rings. The first-order valence-electron chi connectivity index (χ1n) is 51.2. The summed E-state index contributed by atoms with van der Waals surface area (Å²) in [6.07, 6.45) is 66.0. The van der Waals surface area contributed by atoms with E-state index in [0.717, 1.165) is 48.0 Å². The average Bonchev–Trinajstić information content (AvgIpc) is 1.49. The monoisotopic (exact) mass is 1620 g/mol. The van der Waals surface area contributed by atoms with Gasteiger partial charge in [0.05, 0.1) is 0 Å². The zero-order chi connectivity index (χ0) is 83.4. The van der Waals surface area contributed by atoms with Gasteiger partial charge in [-0.05, 0) is 202 Å². The average molecular weight is 1620 g/mol. The van der Waals surface area contributed by atoms with Gasteiger partial charge in [-0.15, -0.1) is 0 Å². The molecule has 0 saturated carbocycles. The van der Waals surface area contributed by atoms with Gasteiger partial charge < -0.3 is 13.7 Å². The quantitative estimate of drug-likeness (QED) is 0.0356. The number of benzene rings is 9. The molecule has 121 heavy (non-hydrogen) atoms. The van der Waals surface area contributed by atoms with Crippen LogP contribution < -0.4 is 4.90 Å². The molecule has 0 spiro atoms. The Hall–Kier alpha value is -7.62. The first-order chi connectivity index (χ1) is 59.7. The number of hydrogen-bond acceptors (Lipinski definition) is 3. The zero-order valence-corrected chi connectivity index (χ0v) is 77.1. The van der Waals surface area contributed by atoms with Gasteiger partial charge in [-0.1, -0.05) is 435 Å². The highest BCUT2D eigenvalue weighted by Gasteiger charge is 2.55. The molecule has 3 nitrogen and oxygen atoms in total. The van der Waals surface area contributed by atoms with E-state index in [9.17, 15) is 0 Å². The molecule has 0 unspecified atom stereocenters. The van der Waals surface area contributed by atoms with Gasteiger partial charge in [-0.2, -0.15) is 0 Å². The summed E-state index contributed by atoms with van der Waals surface area (Å²) in [5, 5.41) is 5.26. The predicted molar refractivity (Wildman–Crippen MR) is 526 cm³/mol. The summed E-state index contributed by atoms with van der Waals surface area (Å²) < 4.78 is 14.8. The molecular weight excluding hydrogens is 1460 g/mol. The molecule has 4 aliphatic rings. The molecular formula is C118H155NO2. The van der Waals surface area contributed by atoms with Crippen LogP contribution in [-0.2, 0) is 21.7 Å². The Morgan fingerprint density at radius 1 is 0.215 bits per heavy atom. The Labute approximate surface area is 733 Å². The fourth-order valence-corrected chi connectivity index (χ4v) is 24.6. The number of hydrogen-bond donors (Lipinski definition) is 0. The van der Waals surface area contributed by atoms with E-state index in [1.165, 1.54) is 391 Å². The summed E-state index contributed by atoms with van der Waals surface area (Å²) in [5.41, 5.74) is 32.1. The largest absolute Gasteiger partial charge is 0.456 e. The Balaban J connectivity index is 0.970. The second kappa shape index (κ2) is 42.4. The molecule has 0 saturated heterocycles. The number of fused-ring (bicyclic) bond motifs is 22. The standard InChI is InChI=1S/C118H155NO2/c1-9-17-25-33-41-54-76-115(77-55-42-34-26-18-10-2)99-74-75-106-108(94-65-49-52-68-104(94)120-106)107(99)97-87-102-96(86-103(97)115)91-72-70-89(84-100(91)116(102,78-56-43-35-27-19-11-3)79-57-44-36-28-20-12-4)119(88-62-46-45-47-63-88)90-71-73-93-101(85-90)118(82-60-39-31-23-15-7,83-61-40-32-24-16-8)113-111(93)114-110(95-66-50-53-69-105(95)121-114)109-92-64-48-51-67-98(92)117(112(109)113,80-58-37-29-21-13-5)81-59-38-30-22-14-6/h45-53,62-75,84-87H,9-44,54-61,76-83H2,1-8H3. The van der Waals surface area contributed by atoms with E-state index in [4.69, 9.17) is 8.83 Å². The van der Waals surface area contributed by atoms with E-state index in [1.807, 2.05) is 0 Å². The molecule has 0 atom stereocenters. The van der Waals surface area contributed by atoms with Crippen molar-refractivity contribution < 1.29 is 8.83 Å². The lowest BCUT2D eigenvalue weighted by molar-refractivity contribution is 0.369. The van der Waals surface area contributed by atoms with Crippen LogP contribution in [0.2, 0.25) is 0 Å². The van der Waals surface area contributed by atoms with Crippen LogP contribution in [0.3, 0.4) is 0 Å². The number of unbranched alkanes of at least 4 members (excludes halogenated alkanes) is 36. The van der Waals surface area contributed by atoms with Gasteiger partial charge in [0.1, 0.15) is 22.3 Å². The molecule has 0 fully saturated rings. The molecule has 644 valence electrons. The van der Waals surface area contributed by atoms with Crippen molar-refractivity contribution in [2.24, 2.45) is 0 Å². The SMILES string of the molecule is CCCCCCCCC1(CCCCCCCC)c2cc(N(c3ccccc3)c3ccc4c(c3)C(CCCCCCC)(CCCCCCC)c3c5c(c6c(oc7ccccc76)c3-4)-c3ccccc3C5(CCCCCCC)CCCCCCC)ccc2-c2cc3c(cc21)-c1c(ccc2oc4ccccc4c12)C3(CCCCCCCC)CCCCCCCC. The second-order valence-electron chi connectivity index (χ2n) is 38.9. The van der Waals surface area contributed by atoms with Crippen LogP contribution >= 0.6 is 0 Å². The van der Waals surface area contributed by atoms with E-state index < -0.39 is 0 Å². The minimum atomic E-state index is -0.258. The van der Waals surface area contributed by atoms with E-state index >= 15 is 0 Å². The number of para-hydroxylation sites is 3. The lowest BCUT2D eigenvalue weighted by atomic mass is 9.62. The van der Waals surface area contributed by atoms with Crippen molar-refractivity contribution in [2.75, 3.05) is 4.90 Å². The first kappa shape index (κ1) is 88.2. The fraction of sp³-hybridized carbons (Fsp3) is 0.542. The Bertz CT molecular complexity index is 5090. The number of furan rings is 2. The van der Waals surface area contributed by atoms with Crippen molar-refractivity contribution in [3.63, 3.8) is 0 Å². The highest BCUT2D eigenvalue weighted by molar-refractivity contribution is 6.21. The van der Waals surface area contributed by atoms with Crippen LogP contribution in [0.25, 0.3) is 88.4 Å². The minimum Gasteiger partial charge on any atom is -0.456 e. The molecule has 0 radical (unpaired) electrons. The van der Waals surface area contributed by atoms with Gasteiger partial charge in [0.15, 0.2) is 0 Å². The van der Waals surface area contributed by atoms with Crippen LogP contribution in [0.5, 0.6) is 0 Å². The lowest BCUT2D eigenvalue weighted by Crippen LogP contribution is -2.33. The van der Waals surface area contributed by atoms with Crippen molar-refractivity contribution in [3.05, 3.63) is 208 Å². The number of nitrogens with zero attached hydrogens (tertiary/aromatic N) is 1. The normalized spacial score (nSPS) is 14.6. The van der Waals surface area contributed by atoms with Crippen LogP contribution in [0.15, 0.2) is 173 Å². The minimum absolute atomic E-state index is 0.104. The van der Waals surface area contributed by atoms with Crippen LogP contribution in [0.1, 0.15) is 434 Å². The summed E-state index contributed by atoms with van der Waals surface area (Å²) in [6.45, 7) is 19.1. The molecule has 2 aromatic heterocycles. The second-order valence-corrected chi connectivity index (χ2v) is 38.9. The van der Waals surface area contributed by atoms with Gasteiger partial charge in [0.2, 0.25) is 0 Å². The molecule has 3 heteroatoms. The van der Waals surface area contributed by atoms with E-state index in [0.29, 0.717) is 0 Å². The maximum absolute atomic E-state index is 7.77. The summed E-state index contributed by atoms with van der Waals surface area (Å²) in [5.74, 6) is 0. The smallest absolute Gasteiger partial charge is 0.144 e. The van der Waals surface area contributed by atoms with Crippen molar-refractivity contribution in [1.29, 1.82) is 0 Å². The Morgan fingerprint density at radius 2 is 0.562 bits per heavy atom. The van der Waals surface area contributed by atoms with Crippen LogP contribution in [0, 0.1) is 0 Å². The van der Waals surface area contributed by atoms with Crippen molar-refractivity contribution in [2.45, 2.75) is 411 Å². The summed E-state index contributed by atoms with van der Waals surface area (Å²) >= 11 is 0. The zero-order valence-electron chi connectivity index (χ0n) is 77.1.